The highest BCUT2D eigenvalue weighted by Crippen LogP contribution is 2.42. The van der Waals surface area contributed by atoms with Crippen LogP contribution in [0, 0.1) is 6.92 Å². The number of rotatable bonds is 2. The normalized spacial score (nSPS) is 23.7. The number of urea groups is 1. The van der Waals surface area contributed by atoms with Gasteiger partial charge < -0.3 is 5.32 Å². The molecule has 2 aliphatic rings. The second-order valence-electron chi connectivity index (χ2n) is 6.88. The second kappa shape index (κ2) is 5.96. The highest BCUT2D eigenvalue weighted by molar-refractivity contribution is 6.00. The molecule has 3 amide bonds. The minimum atomic E-state index is -2.63. The number of imide groups is 1. The zero-order valence-electron chi connectivity index (χ0n) is 14.1. The summed E-state index contributed by atoms with van der Waals surface area (Å²) >= 11 is 0. The summed E-state index contributed by atoms with van der Waals surface area (Å²) in [5, 5.41) is 13.4. The van der Waals surface area contributed by atoms with E-state index in [1.165, 1.54) is 4.63 Å². The Labute approximate surface area is 147 Å². The third kappa shape index (κ3) is 2.99. The molecule has 0 spiro atoms. The lowest BCUT2D eigenvalue weighted by Gasteiger charge is -2.29. The predicted molar refractivity (Wildman–Crippen MR) is 86.0 cm³/mol. The van der Waals surface area contributed by atoms with Crippen molar-refractivity contribution in [2.24, 2.45) is 0 Å². The van der Waals surface area contributed by atoms with E-state index in [4.69, 9.17) is 0 Å². The van der Waals surface area contributed by atoms with Crippen molar-refractivity contribution in [3.8, 4) is 0 Å². The Morgan fingerprint density at radius 3 is 2.65 bits per heavy atom. The summed E-state index contributed by atoms with van der Waals surface area (Å²) in [6.45, 7) is 1.85. The molecule has 3 heterocycles. The van der Waals surface area contributed by atoms with Crippen molar-refractivity contribution >= 4 is 17.6 Å². The highest BCUT2D eigenvalue weighted by Gasteiger charge is 2.37. The standard InChI is InChI=1S/C16H18F2N6O2/c1-8-20-13-10(9-2-4-16(17,18)5-3-9)6-12(23-24(13)22-8)11-7-19-15(26)21-14(11)25/h6,9,11H,2-5,7H2,1H3,(H2,19,21,25,26). The first kappa shape index (κ1) is 16.8. The minimum absolute atomic E-state index is 0.0938. The Morgan fingerprint density at radius 1 is 1.23 bits per heavy atom. The maximum Gasteiger partial charge on any atom is 0.321 e. The SMILES string of the molecule is Cc1nc2c(C3CCC(F)(F)CC3)cc(C3CNC(=O)NC3=O)nn2n1. The molecule has 0 bridgehead atoms. The number of aryl methyl sites for hydroxylation is 1. The van der Waals surface area contributed by atoms with E-state index in [-0.39, 0.29) is 25.3 Å². The van der Waals surface area contributed by atoms with Gasteiger partial charge in [-0.25, -0.2) is 18.6 Å². The maximum absolute atomic E-state index is 13.5. The fourth-order valence-corrected chi connectivity index (χ4v) is 3.61. The van der Waals surface area contributed by atoms with Crippen LogP contribution in [0.5, 0.6) is 0 Å². The number of aromatic nitrogens is 4. The van der Waals surface area contributed by atoms with Crippen LogP contribution in [0.4, 0.5) is 13.6 Å². The largest absolute Gasteiger partial charge is 0.337 e. The number of nitrogens with zero attached hydrogens (tertiary/aromatic N) is 4. The van der Waals surface area contributed by atoms with Gasteiger partial charge in [0, 0.05) is 24.9 Å². The van der Waals surface area contributed by atoms with Crippen molar-refractivity contribution in [1.82, 2.24) is 30.4 Å². The number of fused-ring (bicyclic) bond motifs is 1. The average Bonchev–Trinajstić information content (AvgIpc) is 2.94. The molecule has 26 heavy (non-hydrogen) atoms. The lowest BCUT2D eigenvalue weighted by molar-refractivity contribution is -0.122. The third-order valence-electron chi connectivity index (χ3n) is 5.00. The Hall–Kier alpha value is -2.65. The summed E-state index contributed by atoms with van der Waals surface area (Å²) in [5.41, 5.74) is 1.74. The van der Waals surface area contributed by atoms with Crippen LogP contribution in [0.15, 0.2) is 6.07 Å². The number of amides is 3. The molecule has 2 aromatic rings. The minimum Gasteiger partial charge on any atom is -0.337 e. The van der Waals surface area contributed by atoms with Crippen molar-refractivity contribution in [2.45, 2.75) is 50.4 Å². The molecule has 4 rings (SSSR count). The van der Waals surface area contributed by atoms with Gasteiger partial charge in [0.15, 0.2) is 5.65 Å². The molecule has 138 valence electrons. The molecule has 8 nitrogen and oxygen atoms in total. The van der Waals surface area contributed by atoms with Crippen LogP contribution in [-0.2, 0) is 4.79 Å². The Bertz CT molecular complexity index is 886. The molecule has 2 aromatic heterocycles. The van der Waals surface area contributed by atoms with E-state index in [1.54, 1.807) is 13.0 Å². The van der Waals surface area contributed by atoms with Crippen molar-refractivity contribution in [3.05, 3.63) is 23.1 Å². The fraction of sp³-hybridized carbons (Fsp3) is 0.562. The molecular formula is C16H18F2N6O2. The predicted octanol–water partition coefficient (Wildman–Crippen LogP) is 1.65. The maximum atomic E-state index is 13.5. The molecular weight excluding hydrogens is 346 g/mol. The monoisotopic (exact) mass is 364 g/mol. The molecule has 1 aliphatic heterocycles. The summed E-state index contributed by atoms with van der Waals surface area (Å²) in [6.07, 6.45) is 0.334. The number of carbonyl (C=O) groups excluding carboxylic acids is 2. The number of nitrogens with one attached hydrogen (secondary N) is 2. The lowest BCUT2D eigenvalue weighted by atomic mass is 9.82. The second-order valence-corrected chi connectivity index (χ2v) is 6.88. The first-order valence-corrected chi connectivity index (χ1v) is 8.53. The van der Waals surface area contributed by atoms with Gasteiger partial charge in [0.05, 0.1) is 11.6 Å². The molecule has 1 aliphatic carbocycles. The molecule has 2 N–H and O–H groups in total. The quantitative estimate of drug-likeness (QED) is 0.844. The smallest absolute Gasteiger partial charge is 0.321 e. The summed E-state index contributed by atoms with van der Waals surface area (Å²) < 4.78 is 28.4. The van der Waals surface area contributed by atoms with Gasteiger partial charge in [-0.3, -0.25) is 10.1 Å². The molecule has 2 fully saturated rings. The highest BCUT2D eigenvalue weighted by atomic mass is 19.3. The first-order valence-electron chi connectivity index (χ1n) is 8.53. The number of halogens is 2. The summed E-state index contributed by atoms with van der Waals surface area (Å²) in [6, 6.07) is 1.21. The van der Waals surface area contributed by atoms with Gasteiger partial charge >= 0.3 is 6.03 Å². The molecule has 0 aromatic carbocycles. The average molecular weight is 364 g/mol. The zero-order valence-corrected chi connectivity index (χ0v) is 14.1. The molecule has 1 saturated carbocycles. The van der Waals surface area contributed by atoms with Gasteiger partial charge in [-0.15, -0.1) is 9.73 Å². The van der Waals surface area contributed by atoms with Crippen LogP contribution in [0.3, 0.4) is 0 Å². The van der Waals surface area contributed by atoms with Crippen LogP contribution in [0.25, 0.3) is 5.65 Å². The number of hydrogen-bond acceptors (Lipinski definition) is 5. The van der Waals surface area contributed by atoms with Crippen molar-refractivity contribution < 1.29 is 18.4 Å². The van der Waals surface area contributed by atoms with Crippen molar-refractivity contribution in [1.29, 1.82) is 0 Å². The lowest BCUT2D eigenvalue weighted by Crippen LogP contribution is -2.51. The molecule has 1 saturated heterocycles. The van der Waals surface area contributed by atoms with Crippen LogP contribution < -0.4 is 10.6 Å². The van der Waals surface area contributed by atoms with Crippen molar-refractivity contribution in [3.63, 3.8) is 0 Å². The molecule has 0 radical (unpaired) electrons. The Kier molecular flexibility index (Phi) is 3.85. The van der Waals surface area contributed by atoms with Gasteiger partial charge in [0.1, 0.15) is 5.82 Å². The summed E-state index contributed by atoms with van der Waals surface area (Å²) in [4.78, 5) is 27.8. The van der Waals surface area contributed by atoms with E-state index in [2.05, 4.69) is 25.8 Å². The Balaban J connectivity index is 1.74. The number of carbonyl (C=O) groups is 2. The van der Waals surface area contributed by atoms with E-state index in [1.807, 2.05) is 0 Å². The molecule has 1 unspecified atom stereocenters. The van der Waals surface area contributed by atoms with Crippen LogP contribution >= 0.6 is 0 Å². The van der Waals surface area contributed by atoms with Crippen LogP contribution in [0.1, 0.15) is 54.6 Å². The number of hydrogen-bond donors (Lipinski definition) is 2. The van der Waals surface area contributed by atoms with E-state index < -0.39 is 23.8 Å². The van der Waals surface area contributed by atoms with E-state index in [0.29, 0.717) is 30.0 Å². The summed E-state index contributed by atoms with van der Waals surface area (Å²) in [5.74, 6) is -3.31. The van der Waals surface area contributed by atoms with Crippen molar-refractivity contribution in [2.75, 3.05) is 6.54 Å². The van der Waals surface area contributed by atoms with E-state index in [9.17, 15) is 18.4 Å². The van der Waals surface area contributed by atoms with Gasteiger partial charge in [0.25, 0.3) is 0 Å². The first-order chi connectivity index (χ1) is 12.3. The van der Waals surface area contributed by atoms with Crippen LogP contribution in [0.2, 0.25) is 0 Å². The zero-order chi connectivity index (χ0) is 18.5. The third-order valence-corrected chi connectivity index (χ3v) is 5.00. The molecule has 1 atom stereocenters. The van der Waals surface area contributed by atoms with E-state index in [0.717, 1.165) is 5.56 Å². The topological polar surface area (TPSA) is 101 Å². The van der Waals surface area contributed by atoms with Gasteiger partial charge in [-0.2, -0.15) is 5.10 Å². The Morgan fingerprint density at radius 2 is 1.96 bits per heavy atom. The van der Waals surface area contributed by atoms with Gasteiger partial charge in [-0.05, 0) is 31.7 Å². The summed E-state index contributed by atoms with van der Waals surface area (Å²) in [7, 11) is 0. The molecule has 10 heteroatoms. The fourth-order valence-electron chi connectivity index (χ4n) is 3.61. The van der Waals surface area contributed by atoms with Crippen LogP contribution in [-0.4, -0.2) is 44.2 Å². The number of alkyl halides is 2. The van der Waals surface area contributed by atoms with E-state index >= 15 is 0 Å². The van der Waals surface area contributed by atoms with Gasteiger partial charge in [0.2, 0.25) is 11.8 Å². The van der Waals surface area contributed by atoms with Gasteiger partial charge in [-0.1, -0.05) is 0 Å².